The Balaban J connectivity index is 2.45. The van der Waals surface area contributed by atoms with E-state index >= 15 is 0 Å². The fourth-order valence-corrected chi connectivity index (χ4v) is 4.72. The summed E-state index contributed by atoms with van der Waals surface area (Å²) in [5.74, 6) is -1.42. The van der Waals surface area contributed by atoms with Crippen molar-refractivity contribution in [3.8, 4) is 0 Å². The van der Waals surface area contributed by atoms with Crippen LogP contribution in [0, 0.1) is 5.82 Å². The Morgan fingerprint density at radius 3 is 2.17 bits per heavy atom. The maximum atomic E-state index is 13.7. The molecule has 0 spiro atoms. The molecule has 0 saturated carbocycles. The first kappa shape index (κ1) is 29.5. The third-order valence-electron chi connectivity index (χ3n) is 5.62. The lowest BCUT2D eigenvalue weighted by atomic mass is 10.1. The normalized spacial score (nSPS) is 12.3. The number of amides is 2. The summed E-state index contributed by atoms with van der Waals surface area (Å²) in [6.45, 7) is 3.79. The van der Waals surface area contributed by atoms with Crippen molar-refractivity contribution in [1.82, 2.24) is 14.5 Å². The summed E-state index contributed by atoms with van der Waals surface area (Å²) >= 11 is 6.00. The molecular weight excluding hydrogens is 507 g/mol. The van der Waals surface area contributed by atoms with E-state index < -0.39 is 34.5 Å². The summed E-state index contributed by atoms with van der Waals surface area (Å²) in [6.07, 6.45) is 2.03. The highest BCUT2D eigenvalue weighted by molar-refractivity contribution is 7.90. The number of anilines is 1. The van der Waals surface area contributed by atoms with Gasteiger partial charge in [0.1, 0.15) is 18.4 Å². The standard InChI is InChI=1S/C25H34ClFN4O4S/c1-5-7-16-28-25(33)23(6-2)30(17-19-8-10-20(26)11-9-19)24(32)18-31(36(34,35)29(3)4)22-14-12-21(27)13-15-22/h8-15,23H,5-7,16-18H2,1-4H3,(H,28,33). The summed E-state index contributed by atoms with van der Waals surface area (Å²) in [4.78, 5) is 28.1. The molecule has 0 aliphatic heterocycles. The number of rotatable bonds is 13. The highest BCUT2D eigenvalue weighted by atomic mass is 35.5. The first-order valence-corrected chi connectivity index (χ1v) is 13.6. The van der Waals surface area contributed by atoms with Crippen LogP contribution in [0.25, 0.3) is 0 Å². The van der Waals surface area contributed by atoms with Gasteiger partial charge in [0.05, 0.1) is 5.69 Å². The molecule has 1 N–H and O–H groups in total. The van der Waals surface area contributed by atoms with Crippen LogP contribution < -0.4 is 9.62 Å². The number of carbonyl (C=O) groups is 2. The number of nitrogens with one attached hydrogen (secondary N) is 1. The number of hydrogen-bond acceptors (Lipinski definition) is 4. The van der Waals surface area contributed by atoms with Crippen LogP contribution in [0.1, 0.15) is 38.7 Å². The summed E-state index contributed by atoms with van der Waals surface area (Å²) in [5, 5.41) is 3.40. The van der Waals surface area contributed by atoms with Crippen molar-refractivity contribution in [2.45, 2.75) is 45.7 Å². The molecule has 0 bridgehead atoms. The monoisotopic (exact) mass is 540 g/mol. The van der Waals surface area contributed by atoms with Crippen LogP contribution in [-0.4, -0.2) is 62.7 Å². The van der Waals surface area contributed by atoms with E-state index in [0.29, 0.717) is 18.0 Å². The number of halogens is 2. The number of nitrogens with zero attached hydrogens (tertiary/aromatic N) is 3. The van der Waals surface area contributed by atoms with Gasteiger partial charge < -0.3 is 10.2 Å². The van der Waals surface area contributed by atoms with Gasteiger partial charge in [-0.05, 0) is 54.8 Å². The second-order valence-electron chi connectivity index (χ2n) is 8.49. The van der Waals surface area contributed by atoms with Crippen molar-refractivity contribution in [3.63, 3.8) is 0 Å². The minimum Gasteiger partial charge on any atom is -0.354 e. The van der Waals surface area contributed by atoms with E-state index in [1.807, 2.05) is 6.92 Å². The van der Waals surface area contributed by atoms with Crippen LogP contribution in [0.3, 0.4) is 0 Å². The van der Waals surface area contributed by atoms with Gasteiger partial charge in [-0.25, -0.2) is 8.70 Å². The molecule has 8 nitrogen and oxygen atoms in total. The molecule has 1 atom stereocenters. The van der Waals surface area contributed by atoms with Crippen molar-refractivity contribution >= 4 is 39.3 Å². The molecule has 0 fully saturated rings. The third-order valence-corrected chi connectivity index (χ3v) is 7.69. The van der Waals surface area contributed by atoms with Crippen molar-refractivity contribution in [2.75, 3.05) is 31.5 Å². The smallest absolute Gasteiger partial charge is 0.304 e. The fraction of sp³-hybridized carbons (Fsp3) is 0.440. The number of benzene rings is 2. The number of unbranched alkanes of at least 4 members (excludes halogenated alkanes) is 1. The van der Waals surface area contributed by atoms with Gasteiger partial charge in [-0.1, -0.05) is 44.0 Å². The van der Waals surface area contributed by atoms with E-state index in [1.165, 1.54) is 31.1 Å². The van der Waals surface area contributed by atoms with Gasteiger partial charge in [0.25, 0.3) is 0 Å². The van der Waals surface area contributed by atoms with Crippen molar-refractivity contribution < 1.29 is 22.4 Å². The Labute approximate surface area is 218 Å². The zero-order chi connectivity index (χ0) is 26.9. The van der Waals surface area contributed by atoms with Gasteiger partial charge in [-0.15, -0.1) is 0 Å². The lowest BCUT2D eigenvalue weighted by Crippen LogP contribution is -2.53. The molecule has 0 aliphatic rings. The minimum absolute atomic E-state index is 0.0783. The van der Waals surface area contributed by atoms with Crippen molar-refractivity contribution in [1.29, 1.82) is 0 Å². The molecule has 198 valence electrons. The Hall–Kier alpha value is -2.69. The first-order valence-electron chi connectivity index (χ1n) is 11.8. The van der Waals surface area contributed by atoms with Crippen LogP contribution in [0.5, 0.6) is 0 Å². The van der Waals surface area contributed by atoms with Gasteiger partial charge in [-0.3, -0.25) is 9.59 Å². The molecule has 0 aromatic heterocycles. The van der Waals surface area contributed by atoms with Gasteiger partial charge in [0.2, 0.25) is 11.8 Å². The molecule has 11 heteroatoms. The molecule has 0 saturated heterocycles. The maximum absolute atomic E-state index is 13.7. The Morgan fingerprint density at radius 2 is 1.64 bits per heavy atom. The molecule has 2 aromatic rings. The van der Waals surface area contributed by atoms with Crippen LogP contribution in [0.4, 0.5) is 10.1 Å². The lowest BCUT2D eigenvalue weighted by molar-refractivity contribution is -0.140. The number of carbonyl (C=O) groups excluding carboxylic acids is 2. The summed E-state index contributed by atoms with van der Waals surface area (Å²) in [7, 11) is -1.41. The Kier molecular flexibility index (Phi) is 11.1. The largest absolute Gasteiger partial charge is 0.354 e. The second kappa shape index (κ2) is 13.6. The average molecular weight is 541 g/mol. The predicted molar refractivity (Wildman–Crippen MR) is 140 cm³/mol. The maximum Gasteiger partial charge on any atom is 0.304 e. The van der Waals surface area contributed by atoms with Crippen molar-refractivity contribution in [3.05, 3.63) is 64.9 Å². The summed E-state index contributed by atoms with van der Waals surface area (Å²) < 4.78 is 41.6. The molecule has 0 heterocycles. The molecule has 2 rings (SSSR count). The van der Waals surface area contributed by atoms with E-state index in [9.17, 15) is 22.4 Å². The first-order chi connectivity index (χ1) is 17.0. The van der Waals surface area contributed by atoms with Gasteiger partial charge in [0.15, 0.2) is 0 Å². The van der Waals surface area contributed by atoms with Crippen LogP contribution in [0.2, 0.25) is 5.02 Å². The topological polar surface area (TPSA) is 90.0 Å². The molecule has 2 aromatic carbocycles. The van der Waals surface area contributed by atoms with Crippen LogP contribution in [0.15, 0.2) is 48.5 Å². The molecule has 0 radical (unpaired) electrons. The fourth-order valence-electron chi connectivity index (χ4n) is 3.54. The molecule has 36 heavy (non-hydrogen) atoms. The molecule has 0 aliphatic carbocycles. The molecular formula is C25H34ClFN4O4S. The lowest BCUT2D eigenvalue weighted by Gasteiger charge is -2.34. The average Bonchev–Trinajstić information content (AvgIpc) is 2.84. The molecule has 2 amide bonds. The Bertz CT molecular complexity index is 1110. The van der Waals surface area contributed by atoms with Crippen LogP contribution >= 0.6 is 11.6 Å². The zero-order valence-corrected chi connectivity index (χ0v) is 22.7. The zero-order valence-electron chi connectivity index (χ0n) is 21.1. The highest BCUT2D eigenvalue weighted by Crippen LogP contribution is 2.22. The van der Waals surface area contributed by atoms with Gasteiger partial charge in [-0.2, -0.15) is 12.7 Å². The van der Waals surface area contributed by atoms with Crippen molar-refractivity contribution in [2.24, 2.45) is 0 Å². The number of hydrogen-bond donors (Lipinski definition) is 1. The minimum atomic E-state index is -4.10. The Morgan fingerprint density at radius 1 is 1.03 bits per heavy atom. The van der Waals surface area contributed by atoms with Crippen LogP contribution in [-0.2, 0) is 26.3 Å². The van der Waals surface area contributed by atoms with E-state index in [-0.39, 0.29) is 18.1 Å². The summed E-state index contributed by atoms with van der Waals surface area (Å²) in [5.41, 5.74) is 0.863. The quantitative estimate of drug-likeness (QED) is 0.391. The van der Waals surface area contributed by atoms with E-state index in [4.69, 9.17) is 11.6 Å². The van der Waals surface area contributed by atoms with E-state index in [1.54, 1.807) is 31.2 Å². The third kappa shape index (κ3) is 7.91. The van der Waals surface area contributed by atoms with Gasteiger partial charge >= 0.3 is 10.2 Å². The predicted octanol–water partition coefficient (Wildman–Crippen LogP) is 3.82. The summed E-state index contributed by atoms with van der Waals surface area (Å²) in [6, 6.07) is 10.9. The second-order valence-corrected chi connectivity index (χ2v) is 11.0. The van der Waals surface area contributed by atoms with Gasteiger partial charge in [0, 0.05) is 32.2 Å². The van der Waals surface area contributed by atoms with E-state index in [2.05, 4.69) is 5.32 Å². The molecule has 1 unspecified atom stereocenters. The SMILES string of the molecule is CCCCNC(=O)C(CC)N(Cc1ccc(Cl)cc1)C(=O)CN(c1ccc(F)cc1)S(=O)(=O)N(C)C. The highest BCUT2D eigenvalue weighted by Gasteiger charge is 2.33. The van der Waals surface area contributed by atoms with E-state index in [0.717, 1.165) is 39.1 Å².